The Morgan fingerprint density at radius 3 is 2.20 bits per heavy atom. The fourth-order valence-electron chi connectivity index (χ4n) is 1.19. The van der Waals surface area contributed by atoms with E-state index in [1.807, 2.05) is 0 Å². The first-order chi connectivity index (χ1) is 6.95. The van der Waals surface area contributed by atoms with Crippen molar-refractivity contribution < 1.29 is 9.90 Å². The van der Waals surface area contributed by atoms with Gasteiger partial charge >= 0.3 is 5.97 Å². The van der Waals surface area contributed by atoms with Gasteiger partial charge in [-0.1, -0.05) is 37.0 Å². The molecule has 4 nitrogen and oxygen atoms in total. The summed E-state index contributed by atoms with van der Waals surface area (Å²) < 4.78 is 0. The molecule has 2 atom stereocenters. The molecule has 1 heterocycles. The van der Waals surface area contributed by atoms with Crippen LogP contribution in [-0.4, -0.2) is 21.0 Å². The van der Waals surface area contributed by atoms with Crippen molar-refractivity contribution in [2.45, 2.75) is 19.8 Å². The molecule has 0 aliphatic carbocycles. The lowest BCUT2D eigenvalue weighted by Gasteiger charge is -2.17. The third-order valence-corrected chi connectivity index (χ3v) is 2.98. The van der Waals surface area contributed by atoms with E-state index >= 15 is 0 Å². The number of rotatable bonds is 3. The number of carboxylic acids is 1. The first-order valence-electron chi connectivity index (χ1n) is 4.33. The minimum Gasteiger partial charge on any atom is -0.481 e. The normalized spacial score (nSPS) is 14.7. The molecule has 15 heavy (non-hydrogen) atoms. The molecule has 6 heteroatoms. The van der Waals surface area contributed by atoms with E-state index in [9.17, 15) is 4.79 Å². The standard InChI is InChI=1S/C9H10Cl2N2O2/c1-4(5(2)9(14)15)6-7(10)12-3-13-8(6)11/h3-5H,1-2H3,(H,14,15)/t4?,5-/m1/s1. The highest BCUT2D eigenvalue weighted by Gasteiger charge is 2.25. The molecule has 0 spiro atoms. The van der Waals surface area contributed by atoms with E-state index in [-0.39, 0.29) is 16.2 Å². The molecule has 1 aromatic rings. The van der Waals surface area contributed by atoms with E-state index in [1.54, 1.807) is 13.8 Å². The zero-order valence-electron chi connectivity index (χ0n) is 8.24. The van der Waals surface area contributed by atoms with Gasteiger partial charge in [0.2, 0.25) is 0 Å². The molecule has 0 saturated heterocycles. The molecule has 1 N–H and O–H groups in total. The molecule has 0 fully saturated rings. The zero-order valence-corrected chi connectivity index (χ0v) is 9.75. The Morgan fingerprint density at radius 2 is 1.80 bits per heavy atom. The first-order valence-corrected chi connectivity index (χ1v) is 5.09. The Kier molecular flexibility index (Phi) is 3.88. The molecule has 0 saturated carbocycles. The van der Waals surface area contributed by atoms with Crippen molar-refractivity contribution in [1.29, 1.82) is 0 Å². The van der Waals surface area contributed by atoms with Gasteiger partial charge in [-0.25, -0.2) is 9.97 Å². The van der Waals surface area contributed by atoms with E-state index in [2.05, 4.69) is 9.97 Å². The number of carboxylic acid groups (broad SMARTS) is 1. The molecule has 0 aliphatic heterocycles. The van der Waals surface area contributed by atoms with Crippen LogP contribution >= 0.6 is 23.2 Å². The number of halogens is 2. The molecule has 1 rings (SSSR count). The highest BCUT2D eigenvalue weighted by atomic mass is 35.5. The van der Waals surface area contributed by atoms with Gasteiger partial charge in [0.15, 0.2) is 0 Å². The van der Waals surface area contributed by atoms with Gasteiger partial charge < -0.3 is 5.11 Å². The number of hydrogen-bond donors (Lipinski definition) is 1. The molecule has 82 valence electrons. The van der Waals surface area contributed by atoms with Gasteiger partial charge in [0, 0.05) is 11.5 Å². The molecule has 1 unspecified atom stereocenters. The van der Waals surface area contributed by atoms with Crippen LogP contribution in [0.5, 0.6) is 0 Å². The number of aliphatic carboxylic acids is 1. The fourth-order valence-corrected chi connectivity index (χ4v) is 1.85. The highest BCUT2D eigenvalue weighted by molar-refractivity contribution is 6.34. The molecule has 0 bridgehead atoms. The van der Waals surface area contributed by atoms with Crippen LogP contribution in [0.1, 0.15) is 25.3 Å². The number of nitrogens with zero attached hydrogens (tertiary/aromatic N) is 2. The van der Waals surface area contributed by atoms with Crippen LogP contribution in [0.4, 0.5) is 0 Å². The lowest BCUT2D eigenvalue weighted by molar-refractivity contribution is -0.141. The number of carbonyl (C=O) groups is 1. The summed E-state index contributed by atoms with van der Waals surface area (Å²) in [5.41, 5.74) is 0.482. The molecular formula is C9H10Cl2N2O2. The van der Waals surface area contributed by atoms with Gasteiger partial charge in [-0.2, -0.15) is 0 Å². The van der Waals surface area contributed by atoms with Crippen molar-refractivity contribution >= 4 is 29.2 Å². The maximum Gasteiger partial charge on any atom is 0.306 e. The van der Waals surface area contributed by atoms with Crippen molar-refractivity contribution in [1.82, 2.24) is 9.97 Å². The highest BCUT2D eigenvalue weighted by Crippen LogP contribution is 2.32. The fraction of sp³-hybridized carbons (Fsp3) is 0.444. The maximum absolute atomic E-state index is 10.8. The Morgan fingerprint density at radius 1 is 1.33 bits per heavy atom. The number of aromatic nitrogens is 2. The second kappa shape index (κ2) is 4.77. The smallest absolute Gasteiger partial charge is 0.306 e. The average Bonchev–Trinajstić information content (AvgIpc) is 2.15. The molecule has 0 aromatic carbocycles. The van der Waals surface area contributed by atoms with Gasteiger partial charge in [-0.3, -0.25) is 4.79 Å². The molecule has 0 radical (unpaired) electrons. The maximum atomic E-state index is 10.8. The summed E-state index contributed by atoms with van der Waals surface area (Å²) in [7, 11) is 0. The summed E-state index contributed by atoms with van der Waals surface area (Å²) in [5.74, 6) is -1.83. The Hall–Kier alpha value is -0.870. The quantitative estimate of drug-likeness (QED) is 0.836. The van der Waals surface area contributed by atoms with Crippen LogP contribution in [0.15, 0.2) is 6.33 Å². The summed E-state index contributed by atoms with van der Waals surface area (Å²) in [6.07, 6.45) is 1.24. The zero-order chi connectivity index (χ0) is 11.6. The van der Waals surface area contributed by atoms with E-state index in [0.29, 0.717) is 5.56 Å². The first kappa shape index (κ1) is 12.2. The molecule has 0 amide bonds. The van der Waals surface area contributed by atoms with Gasteiger partial charge in [0.05, 0.1) is 5.92 Å². The van der Waals surface area contributed by atoms with Crippen LogP contribution in [0.25, 0.3) is 0 Å². The summed E-state index contributed by atoms with van der Waals surface area (Å²) >= 11 is 11.7. The van der Waals surface area contributed by atoms with Crippen molar-refractivity contribution in [2.75, 3.05) is 0 Å². The van der Waals surface area contributed by atoms with E-state index in [1.165, 1.54) is 6.33 Å². The predicted octanol–water partition coefficient (Wildman–Crippen LogP) is 2.61. The predicted molar refractivity (Wildman–Crippen MR) is 57.3 cm³/mol. The molecule has 1 aromatic heterocycles. The SMILES string of the molecule is CC(c1c(Cl)ncnc1Cl)[C@@H](C)C(=O)O. The second-order valence-electron chi connectivity index (χ2n) is 3.28. The largest absolute Gasteiger partial charge is 0.481 e. The lowest BCUT2D eigenvalue weighted by Crippen LogP contribution is -2.17. The second-order valence-corrected chi connectivity index (χ2v) is 4.00. The van der Waals surface area contributed by atoms with E-state index in [4.69, 9.17) is 28.3 Å². The number of hydrogen-bond acceptors (Lipinski definition) is 3. The van der Waals surface area contributed by atoms with E-state index < -0.39 is 11.9 Å². The minimum absolute atomic E-state index is 0.204. The summed E-state index contributed by atoms with van der Waals surface area (Å²) in [5, 5.41) is 9.28. The topological polar surface area (TPSA) is 63.1 Å². The third kappa shape index (κ3) is 2.58. The lowest BCUT2D eigenvalue weighted by atomic mass is 9.91. The van der Waals surface area contributed by atoms with Crippen LogP contribution in [-0.2, 0) is 4.79 Å². The monoisotopic (exact) mass is 248 g/mol. The summed E-state index contributed by atoms with van der Waals surface area (Å²) in [6.45, 7) is 3.32. The average molecular weight is 249 g/mol. The van der Waals surface area contributed by atoms with Crippen LogP contribution in [0.3, 0.4) is 0 Å². The van der Waals surface area contributed by atoms with Crippen molar-refractivity contribution in [2.24, 2.45) is 5.92 Å². The molecule has 0 aliphatic rings. The van der Waals surface area contributed by atoms with Gasteiger partial charge in [0.1, 0.15) is 16.6 Å². The van der Waals surface area contributed by atoms with Gasteiger partial charge in [-0.15, -0.1) is 0 Å². The van der Waals surface area contributed by atoms with Crippen molar-refractivity contribution in [3.8, 4) is 0 Å². The Labute approximate surface area is 97.3 Å². The van der Waals surface area contributed by atoms with Crippen LogP contribution < -0.4 is 0 Å². The van der Waals surface area contributed by atoms with Crippen molar-refractivity contribution in [3.05, 3.63) is 22.2 Å². The van der Waals surface area contributed by atoms with Crippen LogP contribution in [0, 0.1) is 5.92 Å². The van der Waals surface area contributed by atoms with Gasteiger partial charge in [-0.05, 0) is 0 Å². The summed E-state index contributed by atoms with van der Waals surface area (Å²) in [4.78, 5) is 18.4. The van der Waals surface area contributed by atoms with E-state index in [0.717, 1.165) is 0 Å². The van der Waals surface area contributed by atoms with Gasteiger partial charge in [0.25, 0.3) is 0 Å². The summed E-state index contributed by atoms with van der Waals surface area (Å²) in [6, 6.07) is 0. The molecular weight excluding hydrogens is 239 g/mol. The van der Waals surface area contributed by atoms with Crippen molar-refractivity contribution in [3.63, 3.8) is 0 Å². The van der Waals surface area contributed by atoms with Crippen LogP contribution in [0.2, 0.25) is 10.3 Å². The Balaban J connectivity index is 3.10. The Bertz CT molecular complexity index is 364. The minimum atomic E-state index is -0.904. The third-order valence-electron chi connectivity index (χ3n) is 2.38.